The Hall–Kier alpha value is -3.64. The van der Waals surface area contributed by atoms with Crippen molar-refractivity contribution < 1.29 is 9.59 Å². The molecule has 0 unspecified atom stereocenters. The second kappa shape index (κ2) is 11.3. The van der Waals surface area contributed by atoms with Crippen LogP contribution in [0.4, 0.5) is 10.5 Å². The van der Waals surface area contributed by atoms with Gasteiger partial charge in [-0.25, -0.2) is 4.79 Å². The minimum absolute atomic E-state index is 0.00791. The highest BCUT2D eigenvalue weighted by Crippen LogP contribution is 2.27. The van der Waals surface area contributed by atoms with Gasteiger partial charge in [-0.3, -0.25) is 9.69 Å². The summed E-state index contributed by atoms with van der Waals surface area (Å²) in [6.45, 7) is 3.60. The van der Waals surface area contributed by atoms with Gasteiger partial charge in [-0.15, -0.1) is 0 Å². The SMILES string of the molecule is O=C(CN1CCCN(C(=O)Nc2ccccc2-c2ccccc2)CC1)NCc1ccccc1. The molecule has 0 saturated carbocycles. The number of hydrogen-bond donors (Lipinski definition) is 2. The molecule has 3 aromatic rings. The summed E-state index contributed by atoms with van der Waals surface area (Å²) in [6, 6.07) is 27.7. The van der Waals surface area contributed by atoms with Gasteiger partial charge in [0.2, 0.25) is 5.91 Å². The van der Waals surface area contributed by atoms with Gasteiger partial charge in [0.25, 0.3) is 0 Å². The van der Waals surface area contributed by atoms with E-state index in [1.54, 1.807) is 0 Å². The van der Waals surface area contributed by atoms with Crippen LogP contribution in [0.25, 0.3) is 11.1 Å². The summed E-state index contributed by atoms with van der Waals surface area (Å²) in [5.41, 5.74) is 3.95. The standard InChI is InChI=1S/C27H30N4O2/c32-26(28-20-22-10-3-1-4-11-22)21-30-16-9-17-31(19-18-30)27(33)29-25-15-8-7-14-24(25)23-12-5-2-6-13-23/h1-8,10-15H,9,16-21H2,(H,28,32)(H,29,33). The Bertz CT molecular complexity index is 1060. The molecule has 3 amide bonds. The molecule has 0 spiro atoms. The number of carbonyl (C=O) groups is 2. The topological polar surface area (TPSA) is 64.7 Å². The molecule has 6 nitrogen and oxygen atoms in total. The fraction of sp³-hybridized carbons (Fsp3) is 0.259. The van der Waals surface area contributed by atoms with Gasteiger partial charge in [0, 0.05) is 38.3 Å². The largest absolute Gasteiger partial charge is 0.351 e. The van der Waals surface area contributed by atoms with Crippen LogP contribution in [-0.4, -0.2) is 54.5 Å². The summed E-state index contributed by atoms with van der Waals surface area (Å²) in [7, 11) is 0. The number of nitrogens with zero attached hydrogens (tertiary/aromatic N) is 2. The van der Waals surface area contributed by atoms with Crippen LogP contribution in [0.5, 0.6) is 0 Å². The summed E-state index contributed by atoms with van der Waals surface area (Å²) in [4.78, 5) is 29.3. The normalized spacial score (nSPS) is 14.4. The Labute approximate surface area is 195 Å². The Kier molecular flexibility index (Phi) is 7.72. The maximum atomic E-state index is 13.0. The van der Waals surface area contributed by atoms with E-state index in [2.05, 4.69) is 15.5 Å². The molecule has 1 aliphatic rings. The minimum atomic E-state index is -0.103. The van der Waals surface area contributed by atoms with E-state index in [9.17, 15) is 9.59 Å². The minimum Gasteiger partial charge on any atom is -0.351 e. The van der Waals surface area contributed by atoms with Gasteiger partial charge in [0.05, 0.1) is 12.2 Å². The fourth-order valence-corrected chi connectivity index (χ4v) is 4.04. The molecule has 2 N–H and O–H groups in total. The number of anilines is 1. The van der Waals surface area contributed by atoms with Gasteiger partial charge >= 0.3 is 6.03 Å². The van der Waals surface area contributed by atoms with E-state index in [1.165, 1.54) is 0 Å². The van der Waals surface area contributed by atoms with Crippen LogP contribution < -0.4 is 10.6 Å². The summed E-state index contributed by atoms with van der Waals surface area (Å²) in [5.74, 6) is 0.00791. The molecule has 170 valence electrons. The van der Waals surface area contributed by atoms with Crippen LogP contribution >= 0.6 is 0 Å². The smallest absolute Gasteiger partial charge is 0.321 e. The van der Waals surface area contributed by atoms with Crippen LogP contribution in [0.2, 0.25) is 0 Å². The summed E-state index contributed by atoms with van der Waals surface area (Å²) < 4.78 is 0. The number of nitrogens with one attached hydrogen (secondary N) is 2. The summed E-state index contributed by atoms with van der Waals surface area (Å²) >= 11 is 0. The van der Waals surface area contributed by atoms with Crippen LogP contribution in [0.15, 0.2) is 84.9 Å². The Morgan fingerprint density at radius 1 is 0.758 bits per heavy atom. The van der Waals surface area contributed by atoms with Crippen molar-refractivity contribution in [3.63, 3.8) is 0 Å². The zero-order valence-electron chi connectivity index (χ0n) is 18.7. The zero-order valence-corrected chi connectivity index (χ0v) is 18.7. The monoisotopic (exact) mass is 442 g/mol. The van der Waals surface area contributed by atoms with Crippen molar-refractivity contribution >= 4 is 17.6 Å². The molecule has 1 aliphatic heterocycles. The fourth-order valence-electron chi connectivity index (χ4n) is 4.04. The third-order valence-electron chi connectivity index (χ3n) is 5.83. The first-order valence-electron chi connectivity index (χ1n) is 11.4. The van der Waals surface area contributed by atoms with E-state index in [1.807, 2.05) is 89.8 Å². The first kappa shape index (κ1) is 22.6. The Morgan fingerprint density at radius 2 is 1.45 bits per heavy atom. The van der Waals surface area contributed by atoms with Crippen LogP contribution in [0.1, 0.15) is 12.0 Å². The third-order valence-corrected chi connectivity index (χ3v) is 5.83. The Morgan fingerprint density at radius 3 is 2.24 bits per heavy atom. The van der Waals surface area contributed by atoms with Crippen molar-refractivity contribution in [1.82, 2.24) is 15.1 Å². The number of amides is 3. The molecule has 3 aromatic carbocycles. The maximum Gasteiger partial charge on any atom is 0.321 e. The molecule has 0 radical (unpaired) electrons. The quantitative estimate of drug-likeness (QED) is 0.601. The molecule has 33 heavy (non-hydrogen) atoms. The average Bonchev–Trinajstić information content (AvgIpc) is 3.10. The van der Waals surface area contributed by atoms with E-state index < -0.39 is 0 Å². The molecule has 6 heteroatoms. The molecule has 1 fully saturated rings. The molecule has 4 rings (SSSR count). The van der Waals surface area contributed by atoms with E-state index in [4.69, 9.17) is 0 Å². The van der Waals surface area contributed by atoms with E-state index in [-0.39, 0.29) is 11.9 Å². The highest BCUT2D eigenvalue weighted by atomic mass is 16.2. The van der Waals surface area contributed by atoms with Crippen LogP contribution in [0.3, 0.4) is 0 Å². The number of rotatable bonds is 6. The van der Waals surface area contributed by atoms with Crippen molar-refractivity contribution in [2.45, 2.75) is 13.0 Å². The summed E-state index contributed by atoms with van der Waals surface area (Å²) in [6.07, 6.45) is 0.833. The maximum absolute atomic E-state index is 13.0. The first-order chi connectivity index (χ1) is 16.2. The highest BCUT2D eigenvalue weighted by molar-refractivity contribution is 5.94. The van der Waals surface area contributed by atoms with E-state index in [0.29, 0.717) is 32.7 Å². The van der Waals surface area contributed by atoms with Gasteiger partial charge in [-0.05, 0) is 23.6 Å². The number of para-hydroxylation sites is 1. The Balaban J connectivity index is 1.29. The number of carbonyl (C=O) groups excluding carboxylic acids is 2. The number of urea groups is 1. The van der Waals surface area contributed by atoms with Crippen molar-refractivity contribution in [3.8, 4) is 11.1 Å². The van der Waals surface area contributed by atoms with E-state index in [0.717, 1.165) is 35.3 Å². The number of hydrogen-bond acceptors (Lipinski definition) is 3. The first-order valence-corrected chi connectivity index (χ1v) is 11.4. The van der Waals surface area contributed by atoms with Crippen LogP contribution in [0, 0.1) is 0 Å². The molecule has 1 saturated heterocycles. The van der Waals surface area contributed by atoms with Crippen molar-refractivity contribution in [3.05, 3.63) is 90.5 Å². The molecule has 0 aromatic heterocycles. The molecule has 0 aliphatic carbocycles. The second-order valence-corrected chi connectivity index (χ2v) is 8.22. The van der Waals surface area contributed by atoms with Crippen LogP contribution in [-0.2, 0) is 11.3 Å². The van der Waals surface area contributed by atoms with Gasteiger partial charge in [-0.2, -0.15) is 0 Å². The lowest BCUT2D eigenvalue weighted by atomic mass is 10.0. The highest BCUT2D eigenvalue weighted by Gasteiger charge is 2.21. The molecule has 0 atom stereocenters. The third kappa shape index (κ3) is 6.43. The van der Waals surface area contributed by atoms with E-state index >= 15 is 0 Å². The van der Waals surface area contributed by atoms with Gasteiger partial charge in [0.15, 0.2) is 0 Å². The lowest BCUT2D eigenvalue weighted by Gasteiger charge is -2.23. The predicted molar refractivity (Wildman–Crippen MR) is 132 cm³/mol. The lowest BCUT2D eigenvalue weighted by molar-refractivity contribution is -0.122. The lowest BCUT2D eigenvalue weighted by Crippen LogP contribution is -2.40. The van der Waals surface area contributed by atoms with Gasteiger partial charge in [-0.1, -0.05) is 78.9 Å². The zero-order chi connectivity index (χ0) is 22.9. The van der Waals surface area contributed by atoms with Crippen molar-refractivity contribution in [2.75, 3.05) is 38.0 Å². The molecular formula is C27H30N4O2. The van der Waals surface area contributed by atoms with Crippen molar-refractivity contribution in [1.29, 1.82) is 0 Å². The molecule has 1 heterocycles. The molecule has 0 bridgehead atoms. The molecular weight excluding hydrogens is 412 g/mol. The average molecular weight is 443 g/mol. The van der Waals surface area contributed by atoms with Gasteiger partial charge < -0.3 is 15.5 Å². The predicted octanol–water partition coefficient (Wildman–Crippen LogP) is 4.21. The van der Waals surface area contributed by atoms with Gasteiger partial charge in [0.1, 0.15) is 0 Å². The number of benzene rings is 3. The second-order valence-electron chi connectivity index (χ2n) is 8.22. The van der Waals surface area contributed by atoms with Crippen molar-refractivity contribution in [2.24, 2.45) is 0 Å². The summed E-state index contributed by atoms with van der Waals surface area (Å²) in [5, 5.41) is 6.07.